The van der Waals surface area contributed by atoms with Crippen LogP contribution in [0.1, 0.15) is 24.0 Å². The maximum absolute atomic E-state index is 13.1. The van der Waals surface area contributed by atoms with Gasteiger partial charge in [0.15, 0.2) is 0 Å². The minimum Gasteiger partial charge on any atom is -0.481 e. The number of carboxylic acid groups (broad SMARTS) is 1. The average molecular weight is 383 g/mol. The molecule has 1 aliphatic heterocycles. The van der Waals surface area contributed by atoms with Crippen LogP contribution in [-0.4, -0.2) is 33.7 Å². The Morgan fingerprint density at radius 1 is 1.30 bits per heavy atom. The minimum atomic E-state index is -0.788. The predicted molar refractivity (Wildman–Crippen MR) is 107 cm³/mol. The van der Waals surface area contributed by atoms with Crippen LogP contribution in [0.3, 0.4) is 0 Å². The van der Waals surface area contributed by atoms with Crippen LogP contribution in [0, 0.1) is 12.8 Å². The summed E-state index contributed by atoms with van der Waals surface area (Å²) in [5, 5.41) is 11.3. The lowest BCUT2D eigenvalue weighted by Gasteiger charge is -2.32. The summed E-state index contributed by atoms with van der Waals surface area (Å²) in [4.78, 5) is 31.3. The largest absolute Gasteiger partial charge is 0.481 e. The first-order valence-corrected chi connectivity index (χ1v) is 9.92. The number of aryl methyl sites for hydroxylation is 1. The number of hydrogen-bond donors (Lipinski definition) is 1. The summed E-state index contributed by atoms with van der Waals surface area (Å²) in [6.07, 6.45) is 1.44. The van der Waals surface area contributed by atoms with Crippen molar-refractivity contribution in [2.75, 3.05) is 18.0 Å². The Balaban J connectivity index is 1.79. The van der Waals surface area contributed by atoms with E-state index in [9.17, 15) is 14.7 Å². The van der Waals surface area contributed by atoms with Crippen LogP contribution < -0.4 is 10.5 Å². The van der Waals surface area contributed by atoms with Gasteiger partial charge < -0.3 is 10.0 Å². The second-order valence-electron chi connectivity index (χ2n) is 7.05. The maximum Gasteiger partial charge on any atom is 0.308 e. The Bertz CT molecular complexity index is 1040. The summed E-state index contributed by atoms with van der Waals surface area (Å²) in [6.45, 7) is 3.54. The lowest BCUT2D eigenvalue weighted by Crippen LogP contribution is -2.42. The molecule has 0 aliphatic carbocycles. The molecular weight excluding hydrogens is 362 g/mol. The molecule has 1 saturated heterocycles. The number of carboxylic acids is 1. The van der Waals surface area contributed by atoms with E-state index in [0.717, 1.165) is 12.0 Å². The summed E-state index contributed by atoms with van der Waals surface area (Å²) in [6, 6.07) is 9.93. The van der Waals surface area contributed by atoms with Crippen molar-refractivity contribution in [3.8, 4) is 0 Å². The molecule has 2 aromatic heterocycles. The van der Waals surface area contributed by atoms with E-state index in [1.165, 1.54) is 16.9 Å². The molecule has 1 aliphatic rings. The van der Waals surface area contributed by atoms with Crippen LogP contribution in [0.25, 0.3) is 10.2 Å². The fourth-order valence-corrected chi connectivity index (χ4v) is 4.33. The summed E-state index contributed by atoms with van der Waals surface area (Å²) in [5.74, 6) is -0.650. The standard InChI is InChI=1S/C20H21N3O3S/c1-13-4-6-14(7-5-13)11-23-18(24)17-16(8-10-27-17)21-20(23)22-9-2-3-15(12-22)19(25)26/h4-8,10,15H,2-3,9,11-12H2,1H3,(H,25,26). The van der Waals surface area contributed by atoms with Gasteiger partial charge in [-0.15, -0.1) is 11.3 Å². The third kappa shape index (κ3) is 3.47. The number of hydrogen-bond acceptors (Lipinski definition) is 5. The van der Waals surface area contributed by atoms with E-state index >= 15 is 0 Å². The zero-order chi connectivity index (χ0) is 19.0. The van der Waals surface area contributed by atoms with E-state index in [1.807, 2.05) is 47.5 Å². The number of benzene rings is 1. The predicted octanol–water partition coefficient (Wildman–Crippen LogP) is 3.12. The number of rotatable bonds is 4. The second-order valence-corrected chi connectivity index (χ2v) is 7.96. The Kier molecular flexibility index (Phi) is 4.70. The summed E-state index contributed by atoms with van der Waals surface area (Å²) >= 11 is 1.39. The van der Waals surface area contributed by atoms with Crippen molar-refractivity contribution >= 4 is 33.5 Å². The van der Waals surface area contributed by atoms with Crippen molar-refractivity contribution in [2.45, 2.75) is 26.3 Å². The SMILES string of the molecule is Cc1ccc(Cn2c(N3CCCC(C(=O)O)C3)nc3ccsc3c2=O)cc1. The number of aliphatic carboxylic acids is 1. The van der Waals surface area contributed by atoms with Crippen LogP contribution in [-0.2, 0) is 11.3 Å². The zero-order valence-electron chi connectivity index (χ0n) is 15.1. The van der Waals surface area contributed by atoms with Gasteiger partial charge in [0.05, 0.1) is 18.0 Å². The Hall–Kier alpha value is -2.67. The van der Waals surface area contributed by atoms with Crippen molar-refractivity contribution in [3.05, 3.63) is 57.2 Å². The first-order chi connectivity index (χ1) is 13.0. The minimum absolute atomic E-state index is 0.0666. The molecule has 6 nitrogen and oxygen atoms in total. The molecule has 140 valence electrons. The molecule has 1 aromatic carbocycles. The van der Waals surface area contributed by atoms with Gasteiger partial charge in [-0.2, -0.15) is 0 Å². The fraction of sp³-hybridized carbons (Fsp3) is 0.350. The fourth-order valence-electron chi connectivity index (χ4n) is 3.55. The van der Waals surface area contributed by atoms with Crippen LogP contribution >= 0.6 is 11.3 Å². The van der Waals surface area contributed by atoms with Gasteiger partial charge in [0.25, 0.3) is 5.56 Å². The number of anilines is 1. The quantitative estimate of drug-likeness (QED) is 0.749. The summed E-state index contributed by atoms with van der Waals surface area (Å²) in [5.41, 5.74) is 2.80. The molecule has 3 heterocycles. The molecule has 0 spiro atoms. The first kappa shape index (κ1) is 17.7. The van der Waals surface area contributed by atoms with Crippen molar-refractivity contribution in [3.63, 3.8) is 0 Å². The molecule has 0 radical (unpaired) electrons. The van der Waals surface area contributed by atoms with Gasteiger partial charge in [-0.3, -0.25) is 14.2 Å². The molecular formula is C20H21N3O3S. The van der Waals surface area contributed by atoms with E-state index in [4.69, 9.17) is 4.98 Å². The number of carbonyl (C=O) groups is 1. The molecule has 27 heavy (non-hydrogen) atoms. The Labute approximate surface area is 160 Å². The van der Waals surface area contributed by atoms with Crippen molar-refractivity contribution in [1.29, 1.82) is 0 Å². The molecule has 1 N–H and O–H groups in total. The number of aromatic nitrogens is 2. The van der Waals surface area contributed by atoms with Gasteiger partial charge in [-0.25, -0.2) is 4.98 Å². The van der Waals surface area contributed by atoms with Crippen molar-refractivity contribution < 1.29 is 9.90 Å². The lowest BCUT2D eigenvalue weighted by molar-refractivity contribution is -0.141. The van der Waals surface area contributed by atoms with Gasteiger partial charge in [-0.05, 0) is 36.8 Å². The topological polar surface area (TPSA) is 75.4 Å². The highest BCUT2D eigenvalue weighted by Gasteiger charge is 2.28. The third-order valence-corrected chi connectivity index (χ3v) is 5.95. The van der Waals surface area contributed by atoms with E-state index in [1.54, 1.807) is 4.57 Å². The molecule has 1 fully saturated rings. The molecule has 4 rings (SSSR count). The molecule has 1 atom stereocenters. The molecule has 0 bridgehead atoms. The molecule has 7 heteroatoms. The molecule has 1 unspecified atom stereocenters. The molecule has 3 aromatic rings. The maximum atomic E-state index is 13.1. The zero-order valence-corrected chi connectivity index (χ0v) is 15.9. The highest BCUT2D eigenvalue weighted by molar-refractivity contribution is 7.17. The Morgan fingerprint density at radius 2 is 2.07 bits per heavy atom. The summed E-state index contributed by atoms with van der Waals surface area (Å²) in [7, 11) is 0. The van der Waals surface area contributed by atoms with Crippen LogP contribution in [0.5, 0.6) is 0 Å². The van der Waals surface area contributed by atoms with Gasteiger partial charge in [0.2, 0.25) is 5.95 Å². The second kappa shape index (κ2) is 7.15. The smallest absolute Gasteiger partial charge is 0.308 e. The van der Waals surface area contributed by atoms with Gasteiger partial charge in [0, 0.05) is 13.1 Å². The highest BCUT2D eigenvalue weighted by Crippen LogP contribution is 2.25. The highest BCUT2D eigenvalue weighted by atomic mass is 32.1. The number of fused-ring (bicyclic) bond motifs is 1. The van der Waals surface area contributed by atoms with Gasteiger partial charge in [0.1, 0.15) is 4.70 Å². The normalized spacial score (nSPS) is 17.4. The Morgan fingerprint density at radius 3 is 2.81 bits per heavy atom. The van der Waals surface area contributed by atoms with Gasteiger partial charge in [-0.1, -0.05) is 29.8 Å². The number of piperidine rings is 1. The van der Waals surface area contributed by atoms with E-state index < -0.39 is 11.9 Å². The van der Waals surface area contributed by atoms with Crippen LogP contribution in [0.2, 0.25) is 0 Å². The first-order valence-electron chi connectivity index (χ1n) is 9.04. The van der Waals surface area contributed by atoms with Crippen molar-refractivity contribution in [1.82, 2.24) is 9.55 Å². The van der Waals surface area contributed by atoms with Crippen LogP contribution in [0.4, 0.5) is 5.95 Å². The van der Waals surface area contributed by atoms with E-state index in [-0.39, 0.29) is 5.56 Å². The average Bonchev–Trinajstić information content (AvgIpc) is 3.14. The van der Waals surface area contributed by atoms with E-state index in [2.05, 4.69) is 0 Å². The lowest BCUT2D eigenvalue weighted by atomic mass is 9.99. The molecule has 0 saturated carbocycles. The van der Waals surface area contributed by atoms with Crippen molar-refractivity contribution in [2.24, 2.45) is 5.92 Å². The van der Waals surface area contributed by atoms with Crippen LogP contribution in [0.15, 0.2) is 40.5 Å². The van der Waals surface area contributed by atoms with E-state index in [0.29, 0.717) is 42.2 Å². The number of thiophene rings is 1. The monoisotopic (exact) mass is 383 g/mol. The summed E-state index contributed by atoms with van der Waals surface area (Å²) < 4.78 is 2.32. The number of nitrogens with zero attached hydrogens (tertiary/aromatic N) is 3. The van der Waals surface area contributed by atoms with Gasteiger partial charge >= 0.3 is 5.97 Å². The molecule has 0 amide bonds. The third-order valence-electron chi connectivity index (χ3n) is 5.06.